The first kappa shape index (κ1) is 21.4. The normalized spacial score (nSPS) is 15.3. The van der Waals surface area contributed by atoms with Crippen molar-refractivity contribution in [3.05, 3.63) is 67.7 Å². The molecular formula is C19H12BrClFNO5S. The van der Waals surface area contributed by atoms with Crippen molar-refractivity contribution in [2.45, 2.75) is 6.54 Å². The van der Waals surface area contributed by atoms with Crippen LogP contribution in [0, 0.1) is 5.82 Å². The lowest BCUT2D eigenvalue weighted by Crippen LogP contribution is -2.27. The molecule has 6 nitrogen and oxygen atoms in total. The third-order valence-corrected chi connectivity index (χ3v) is 5.58. The average molecular weight is 501 g/mol. The highest BCUT2D eigenvalue weighted by Crippen LogP contribution is 2.36. The van der Waals surface area contributed by atoms with Crippen molar-refractivity contribution in [2.24, 2.45) is 0 Å². The van der Waals surface area contributed by atoms with E-state index in [0.717, 1.165) is 22.7 Å². The van der Waals surface area contributed by atoms with Crippen LogP contribution in [0.25, 0.3) is 6.08 Å². The number of thioether (sulfide) groups is 1. The molecule has 1 saturated heterocycles. The van der Waals surface area contributed by atoms with E-state index >= 15 is 0 Å². The molecule has 10 heteroatoms. The Hall–Kier alpha value is -2.36. The topological polar surface area (TPSA) is 83.9 Å². The van der Waals surface area contributed by atoms with Crippen LogP contribution in [0.5, 0.6) is 5.75 Å². The first-order valence-electron chi connectivity index (χ1n) is 8.08. The SMILES string of the molecule is O=C(O)COc1ccc(Br)cc1C=C1SC(=O)N(Cc2ccc(F)cc2Cl)C1=O. The number of nitrogens with zero attached hydrogens (tertiary/aromatic N) is 1. The van der Waals surface area contributed by atoms with Crippen molar-refractivity contribution >= 4 is 62.5 Å². The molecule has 29 heavy (non-hydrogen) atoms. The van der Waals surface area contributed by atoms with Crippen LogP contribution >= 0.6 is 39.3 Å². The second kappa shape index (κ2) is 8.98. The smallest absolute Gasteiger partial charge is 0.341 e. The van der Waals surface area contributed by atoms with Gasteiger partial charge in [0, 0.05) is 15.1 Å². The number of hydrogen-bond acceptors (Lipinski definition) is 5. The van der Waals surface area contributed by atoms with Gasteiger partial charge in [-0.15, -0.1) is 0 Å². The number of halogens is 3. The molecule has 3 rings (SSSR count). The Morgan fingerprint density at radius 1 is 1.28 bits per heavy atom. The standard InChI is InChI=1S/C19H12BrClFNO5S/c20-12-2-4-15(28-9-17(24)25)11(5-12)6-16-18(26)23(19(27)29-16)8-10-1-3-13(22)7-14(10)21/h1-7H,8-9H2,(H,24,25). The minimum Gasteiger partial charge on any atom is -0.481 e. The summed E-state index contributed by atoms with van der Waals surface area (Å²) in [5.74, 6) is -1.94. The van der Waals surface area contributed by atoms with E-state index in [1.165, 1.54) is 18.2 Å². The molecule has 150 valence electrons. The van der Waals surface area contributed by atoms with Gasteiger partial charge >= 0.3 is 5.97 Å². The van der Waals surface area contributed by atoms with Gasteiger partial charge in [0.1, 0.15) is 11.6 Å². The van der Waals surface area contributed by atoms with Gasteiger partial charge in [0.2, 0.25) is 0 Å². The van der Waals surface area contributed by atoms with Crippen LogP contribution in [0.1, 0.15) is 11.1 Å². The third-order valence-electron chi connectivity index (χ3n) is 3.83. The van der Waals surface area contributed by atoms with E-state index < -0.39 is 29.5 Å². The number of imide groups is 1. The van der Waals surface area contributed by atoms with Gasteiger partial charge in [0.05, 0.1) is 11.4 Å². The fourth-order valence-electron chi connectivity index (χ4n) is 2.50. The molecule has 0 atom stereocenters. The summed E-state index contributed by atoms with van der Waals surface area (Å²) in [6.45, 7) is -0.644. The summed E-state index contributed by atoms with van der Waals surface area (Å²) in [6, 6.07) is 8.58. The minimum absolute atomic E-state index is 0.0953. The van der Waals surface area contributed by atoms with Crippen molar-refractivity contribution in [1.29, 1.82) is 0 Å². The Balaban J connectivity index is 1.86. The molecule has 0 aromatic heterocycles. The molecule has 1 heterocycles. The van der Waals surface area contributed by atoms with E-state index in [1.807, 2.05) is 0 Å². The lowest BCUT2D eigenvalue weighted by Gasteiger charge is -2.13. The van der Waals surface area contributed by atoms with Crippen LogP contribution in [-0.2, 0) is 16.1 Å². The van der Waals surface area contributed by atoms with Crippen molar-refractivity contribution in [2.75, 3.05) is 6.61 Å². The van der Waals surface area contributed by atoms with Gasteiger partial charge in [-0.05, 0) is 53.7 Å². The van der Waals surface area contributed by atoms with Gasteiger partial charge in [-0.1, -0.05) is 33.6 Å². The zero-order valence-corrected chi connectivity index (χ0v) is 17.7. The highest BCUT2D eigenvalue weighted by molar-refractivity contribution is 9.10. The number of benzene rings is 2. The van der Waals surface area contributed by atoms with Crippen molar-refractivity contribution < 1.29 is 28.6 Å². The maximum absolute atomic E-state index is 13.2. The molecule has 2 aromatic carbocycles. The summed E-state index contributed by atoms with van der Waals surface area (Å²) in [6.07, 6.45) is 1.46. The summed E-state index contributed by atoms with van der Waals surface area (Å²) >= 11 is 10.0. The van der Waals surface area contributed by atoms with E-state index in [2.05, 4.69) is 15.9 Å². The number of aliphatic carboxylic acids is 1. The Morgan fingerprint density at radius 3 is 2.72 bits per heavy atom. The lowest BCUT2D eigenvalue weighted by molar-refractivity contribution is -0.139. The van der Waals surface area contributed by atoms with E-state index in [9.17, 15) is 18.8 Å². The summed E-state index contributed by atoms with van der Waals surface area (Å²) in [7, 11) is 0. The Labute approximate surface area is 182 Å². The zero-order chi connectivity index (χ0) is 21.1. The van der Waals surface area contributed by atoms with Gasteiger partial charge in [-0.25, -0.2) is 9.18 Å². The quantitative estimate of drug-likeness (QED) is 0.566. The number of amides is 2. The molecule has 0 bridgehead atoms. The second-order valence-corrected chi connectivity index (χ2v) is 8.18. The third kappa shape index (κ3) is 5.17. The number of carbonyl (C=O) groups excluding carboxylic acids is 2. The van der Waals surface area contributed by atoms with Crippen LogP contribution < -0.4 is 4.74 Å². The molecule has 2 aromatic rings. The van der Waals surface area contributed by atoms with Crippen molar-refractivity contribution in [1.82, 2.24) is 4.90 Å². The molecule has 0 unspecified atom stereocenters. The van der Waals surface area contributed by atoms with Crippen LogP contribution in [-0.4, -0.2) is 33.7 Å². The fourth-order valence-corrected chi connectivity index (χ4v) is 3.94. The van der Waals surface area contributed by atoms with E-state index in [1.54, 1.807) is 18.2 Å². The van der Waals surface area contributed by atoms with Gasteiger partial charge in [-0.2, -0.15) is 0 Å². The Kier molecular flexibility index (Phi) is 6.61. The highest BCUT2D eigenvalue weighted by Gasteiger charge is 2.35. The van der Waals surface area contributed by atoms with Crippen molar-refractivity contribution in [3.63, 3.8) is 0 Å². The van der Waals surface area contributed by atoms with E-state index in [4.69, 9.17) is 21.4 Å². The molecule has 1 N–H and O–H groups in total. The molecule has 0 saturated carbocycles. The van der Waals surface area contributed by atoms with Gasteiger partial charge in [0.25, 0.3) is 11.1 Å². The zero-order valence-electron chi connectivity index (χ0n) is 14.5. The summed E-state index contributed by atoms with van der Waals surface area (Å²) < 4.78 is 19.1. The van der Waals surface area contributed by atoms with Crippen LogP contribution in [0.15, 0.2) is 45.8 Å². The molecule has 2 amide bonds. The van der Waals surface area contributed by atoms with Gasteiger partial charge < -0.3 is 9.84 Å². The number of carboxylic acids is 1. The van der Waals surface area contributed by atoms with Crippen LogP contribution in [0.4, 0.5) is 9.18 Å². The maximum atomic E-state index is 13.2. The van der Waals surface area contributed by atoms with Gasteiger partial charge in [-0.3, -0.25) is 14.5 Å². The predicted octanol–water partition coefficient (Wildman–Crippen LogP) is 4.94. The van der Waals surface area contributed by atoms with E-state index in [-0.39, 0.29) is 22.2 Å². The number of carboxylic acid groups (broad SMARTS) is 1. The lowest BCUT2D eigenvalue weighted by atomic mass is 10.1. The minimum atomic E-state index is -1.14. The number of hydrogen-bond donors (Lipinski definition) is 1. The Bertz CT molecular complexity index is 1050. The predicted molar refractivity (Wildman–Crippen MR) is 110 cm³/mol. The summed E-state index contributed by atoms with van der Waals surface area (Å²) in [4.78, 5) is 37.0. The van der Waals surface area contributed by atoms with Crippen LogP contribution in [0.2, 0.25) is 5.02 Å². The highest BCUT2D eigenvalue weighted by atomic mass is 79.9. The van der Waals surface area contributed by atoms with Crippen molar-refractivity contribution in [3.8, 4) is 5.75 Å². The summed E-state index contributed by atoms with van der Waals surface area (Å²) in [5.41, 5.74) is 0.871. The first-order valence-corrected chi connectivity index (χ1v) is 10.1. The summed E-state index contributed by atoms with van der Waals surface area (Å²) in [5, 5.41) is 8.42. The molecule has 0 aliphatic carbocycles. The largest absolute Gasteiger partial charge is 0.481 e. The molecular weight excluding hydrogens is 489 g/mol. The monoisotopic (exact) mass is 499 g/mol. The van der Waals surface area contributed by atoms with E-state index in [0.29, 0.717) is 15.6 Å². The molecule has 1 aliphatic heterocycles. The molecule has 1 fully saturated rings. The molecule has 0 spiro atoms. The van der Waals surface area contributed by atoms with Gasteiger partial charge in [0.15, 0.2) is 6.61 Å². The Morgan fingerprint density at radius 2 is 2.03 bits per heavy atom. The number of carbonyl (C=O) groups is 3. The number of rotatable bonds is 6. The maximum Gasteiger partial charge on any atom is 0.341 e. The first-order chi connectivity index (χ1) is 13.7. The number of ether oxygens (including phenoxy) is 1. The van der Waals surface area contributed by atoms with Crippen LogP contribution in [0.3, 0.4) is 0 Å². The molecule has 0 radical (unpaired) electrons. The second-order valence-electron chi connectivity index (χ2n) is 5.87. The molecule has 1 aliphatic rings. The fraction of sp³-hybridized carbons (Fsp3) is 0.105. The average Bonchev–Trinajstić information content (AvgIpc) is 2.90.